The summed E-state index contributed by atoms with van der Waals surface area (Å²) >= 11 is 0. The van der Waals surface area contributed by atoms with E-state index in [1.165, 1.54) is 0 Å². The van der Waals surface area contributed by atoms with Crippen molar-refractivity contribution in [2.75, 3.05) is 38.5 Å². The highest BCUT2D eigenvalue weighted by Crippen LogP contribution is 2.16. The van der Waals surface area contributed by atoms with Crippen LogP contribution in [0.5, 0.6) is 0 Å². The highest BCUT2D eigenvalue weighted by molar-refractivity contribution is 6.11. The van der Waals surface area contributed by atoms with E-state index in [0.717, 1.165) is 44.9 Å². The smallest absolute Gasteiger partial charge is 0.223 e. The summed E-state index contributed by atoms with van der Waals surface area (Å²) in [5, 5.41) is 26.4. The highest BCUT2D eigenvalue weighted by atomic mass is 15.3. The summed E-state index contributed by atoms with van der Waals surface area (Å²) in [5.41, 5.74) is 0.618. The molecule has 26 heavy (non-hydrogen) atoms. The Hall–Kier alpha value is -2.39. The van der Waals surface area contributed by atoms with Gasteiger partial charge >= 0.3 is 0 Å². The molecule has 1 aromatic rings. The Labute approximate surface area is 153 Å². The molecule has 4 N–H and O–H groups in total. The summed E-state index contributed by atoms with van der Waals surface area (Å²) in [5.74, 6) is 2.05. The molecule has 0 bridgehead atoms. The van der Waals surface area contributed by atoms with Crippen molar-refractivity contribution in [3.63, 3.8) is 0 Å². The Kier molecular flexibility index (Phi) is 6.24. The number of hydrogen-bond donors (Lipinski definition) is 4. The molecule has 0 aliphatic carbocycles. The van der Waals surface area contributed by atoms with Crippen LogP contribution in [-0.2, 0) is 0 Å². The second-order valence-corrected chi connectivity index (χ2v) is 6.38. The van der Waals surface area contributed by atoms with Gasteiger partial charge in [0.15, 0.2) is 5.82 Å². The highest BCUT2D eigenvalue weighted by Gasteiger charge is 2.34. The standard InChI is InChI=1S/C17H27N9/c1-3-5-12(18)14-15(19-2)16(22-13-6-4-7-21-25-13)24-17(23-14)26-10-8-20-9-11-26/h4,6-7,14-15,18-20H,3,5,8-11H2,1-2H3,(H,22,23,24,25). The number of rotatable bonds is 5. The molecular formula is C17H27N9. The van der Waals surface area contributed by atoms with E-state index in [-0.39, 0.29) is 12.1 Å². The molecule has 2 aliphatic rings. The minimum Gasteiger partial charge on any atom is -0.339 e. The summed E-state index contributed by atoms with van der Waals surface area (Å²) in [7, 11) is 1.87. The number of piperazine rings is 1. The quantitative estimate of drug-likeness (QED) is 0.565. The van der Waals surface area contributed by atoms with Crippen LogP contribution in [0.15, 0.2) is 28.3 Å². The van der Waals surface area contributed by atoms with Gasteiger partial charge in [-0.25, -0.2) is 4.99 Å². The van der Waals surface area contributed by atoms with Gasteiger partial charge in [-0.2, -0.15) is 10.1 Å². The van der Waals surface area contributed by atoms with Crippen LogP contribution in [0.3, 0.4) is 0 Å². The number of aromatic nitrogens is 2. The zero-order chi connectivity index (χ0) is 18.4. The van der Waals surface area contributed by atoms with E-state index >= 15 is 0 Å². The fraction of sp³-hybridized carbons (Fsp3) is 0.588. The van der Waals surface area contributed by atoms with Crippen LogP contribution >= 0.6 is 0 Å². The molecule has 0 saturated carbocycles. The fourth-order valence-electron chi connectivity index (χ4n) is 3.17. The molecule has 2 atom stereocenters. The van der Waals surface area contributed by atoms with Gasteiger partial charge in [0.25, 0.3) is 0 Å². The molecule has 9 nitrogen and oxygen atoms in total. The third-order valence-corrected chi connectivity index (χ3v) is 4.50. The molecule has 140 valence electrons. The lowest BCUT2D eigenvalue weighted by atomic mass is 9.98. The van der Waals surface area contributed by atoms with E-state index in [9.17, 15) is 0 Å². The lowest BCUT2D eigenvalue weighted by Crippen LogP contribution is -2.55. The molecule has 9 heteroatoms. The maximum atomic E-state index is 8.50. The van der Waals surface area contributed by atoms with Crippen molar-refractivity contribution in [1.82, 2.24) is 25.7 Å². The van der Waals surface area contributed by atoms with Crippen LogP contribution in [0, 0.1) is 5.41 Å². The number of amidine groups is 1. The Morgan fingerprint density at radius 3 is 2.85 bits per heavy atom. The molecule has 3 rings (SSSR count). The average molecular weight is 357 g/mol. The fourth-order valence-corrected chi connectivity index (χ4v) is 3.17. The first-order valence-electron chi connectivity index (χ1n) is 9.14. The van der Waals surface area contributed by atoms with Crippen LogP contribution in [0.4, 0.5) is 5.82 Å². The summed E-state index contributed by atoms with van der Waals surface area (Å²) in [6.45, 7) is 5.62. The predicted octanol–water partition coefficient (Wildman–Crippen LogP) is 0.338. The third-order valence-electron chi connectivity index (χ3n) is 4.50. The van der Waals surface area contributed by atoms with Gasteiger partial charge in [0.05, 0.1) is 6.04 Å². The normalized spacial score (nSPS) is 23.2. The van der Waals surface area contributed by atoms with Crippen LogP contribution in [-0.4, -0.2) is 77.9 Å². The minimum absolute atomic E-state index is 0.192. The van der Waals surface area contributed by atoms with Gasteiger partial charge in [0.2, 0.25) is 5.96 Å². The van der Waals surface area contributed by atoms with Crippen LogP contribution in [0.2, 0.25) is 0 Å². The number of nitrogens with zero attached hydrogens (tertiary/aromatic N) is 5. The zero-order valence-electron chi connectivity index (χ0n) is 15.4. The van der Waals surface area contributed by atoms with E-state index in [4.69, 9.17) is 15.4 Å². The van der Waals surface area contributed by atoms with E-state index in [1.807, 2.05) is 19.2 Å². The molecule has 0 radical (unpaired) electrons. The number of anilines is 1. The molecule has 1 saturated heterocycles. The lowest BCUT2D eigenvalue weighted by molar-refractivity contribution is 0.351. The molecule has 3 heterocycles. The predicted molar refractivity (Wildman–Crippen MR) is 104 cm³/mol. The summed E-state index contributed by atoms with van der Waals surface area (Å²) in [6, 6.07) is 3.21. The van der Waals surface area contributed by atoms with Gasteiger partial charge in [-0.1, -0.05) is 13.3 Å². The minimum atomic E-state index is -0.276. The zero-order valence-corrected chi connectivity index (χ0v) is 15.4. The van der Waals surface area contributed by atoms with Crippen molar-refractivity contribution in [1.29, 1.82) is 5.41 Å². The van der Waals surface area contributed by atoms with Gasteiger partial charge in [-0.05, 0) is 25.6 Å². The SMILES string of the molecule is CCCC(=N)C1N=C(N2CCNCC2)N=C(Nc2cccnn2)C1NC. The monoisotopic (exact) mass is 357 g/mol. The van der Waals surface area contributed by atoms with Gasteiger partial charge < -0.3 is 26.3 Å². The summed E-state index contributed by atoms with van der Waals surface area (Å²) in [6.07, 6.45) is 3.28. The summed E-state index contributed by atoms with van der Waals surface area (Å²) < 4.78 is 0. The molecule has 0 aromatic carbocycles. The van der Waals surface area contributed by atoms with Crippen molar-refractivity contribution < 1.29 is 0 Å². The van der Waals surface area contributed by atoms with Crippen molar-refractivity contribution in [2.24, 2.45) is 9.98 Å². The Balaban J connectivity index is 1.91. The van der Waals surface area contributed by atoms with Crippen molar-refractivity contribution in [3.8, 4) is 0 Å². The molecule has 2 unspecified atom stereocenters. The first-order chi connectivity index (χ1) is 12.7. The molecule has 0 amide bonds. The van der Waals surface area contributed by atoms with Gasteiger partial charge in [0.1, 0.15) is 11.9 Å². The maximum absolute atomic E-state index is 8.50. The lowest BCUT2D eigenvalue weighted by Gasteiger charge is -2.35. The summed E-state index contributed by atoms with van der Waals surface area (Å²) in [4.78, 5) is 11.8. The molecule has 2 aliphatic heterocycles. The average Bonchev–Trinajstić information content (AvgIpc) is 2.69. The second kappa shape index (κ2) is 8.81. The van der Waals surface area contributed by atoms with Crippen LogP contribution in [0.1, 0.15) is 19.8 Å². The van der Waals surface area contributed by atoms with E-state index < -0.39 is 0 Å². The van der Waals surface area contributed by atoms with Gasteiger partial charge in [-0.3, -0.25) is 0 Å². The van der Waals surface area contributed by atoms with Gasteiger partial charge in [-0.15, -0.1) is 5.10 Å². The van der Waals surface area contributed by atoms with Gasteiger partial charge in [0, 0.05) is 38.1 Å². The Bertz CT molecular complexity index is 664. The first-order valence-corrected chi connectivity index (χ1v) is 9.14. The Morgan fingerprint density at radius 1 is 1.38 bits per heavy atom. The number of guanidine groups is 1. The third kappa shape index (κ3) is 4.23. The van der Waals surface area contributed by atoms with Crippen molar-refractivity contribution in [3.05, 3.63) is 18.3 Å². The molecular weight excluding hydrogens is 330 g/mol. The maximum Gasteiger partial charge on any atom is 0.223 e. The van der Waals surface area contributed by atoms with Crippen molar-refractivity contribution >= 4 is 23.3 Å². The van der Waals surface area contributed by atoms with E-state index in [2.05, 4.69) is 38.0 Å². The largest absolute Gasteiger partial charge is 0.339 e. The number of hydrogen-bond acceptors (Lipinski definition) is 9. The molecule has 0 spiro atoms. The second-order valence-electron chi connectivity index (χ2n) is 6.38. The number of aliphatic imine (C=N–C) groups is 2. The van der Waals surface area contributed by atoms with Crippen LogP contribution in [0.25, 0.3) is 0 Å². The first kappa shape index (κ1) is 18.4. The van der Waals surface area contributed by atoms with E-state index in [1.54, 1.807) is 6.20 Å². The Morgan fingerprint density at radius 2 is 2.19 bits per heavy atom. The molecule has 1 fully saturated rings. The topological polar surface area (TPSA) is 114 Å². The van der Waals surface area contributed by atoms with Crippen LogP contribution < -0.4 is 16.0 Å². The van der Waals surface area contributed by atoms with Crippen molar-refractivity contribution in [2.45, 2.75) is 31.8 Å². The number of likely N-dealkylation sites (N-methyl/N-ethyl adjacent to an activating group) is 1. The number of nitrogens with one attached hydrogen (secondary N) is 4. The van der Waals surface area contributed by atoms with E-state index in [0.29, 0.717) is 17.5 Å². The molecule has 1 aromatic heterocycles.